The summed E-state index contributed by atoms with van der Waals surface area (Å²) in [6.45, 7) is 3.78. The van der Waals surface area contributed by atoms with E-state index < -0.39 is 5.97 Å². The van der Waals surface area contributed by atoms with Crippen LogP contribution in [-0.4, -0.2) is 16.2 Å². The van der Waals surface area contributed by atoms with Crippen molar-refractivity contribution in [3.63, 3.8) is 0 Å². The van der Waals surface area contributed by atoms with Gasteiger partial charge < -0.3 is 10.2 Å². The van der Waals surface area contributed by atoms with Crippen molar-refractivity contribution in [2.45, 2.75) is 19.8 Å². The molecule has 70 valence electrons. The zero-order valence-electron chi connectivity index (χ0n) is 7.61. The second-order valence-electron chi connectivity index (χ2n) is 3.23. The highest BCUT2D eigenvalue weighted by Crippen LogP contribution is 2.23. The lowest BCUT2D eigenvalue weighted by Gasteiger charge is -2.09. The van der Waals surface area contributed by atoms with Crippen molar-refractivity contribution >= 4 is 5.97 Å². The summed E-state index contributed by atoms with van der Waals surface area (Å²) in [5.41, 5.74) is 0.917. The summed E-state index contributed by atoms with van der Waals surface area (Å²) < 4.78 is 0. The second kappa shape index (κ2) is 3.47. The number of carboxylic acid groups (broad SMARTS) is 1. The first-order valence-electron chi connectivity index (χ1n) is 4.08. The number of benzene rings is 1. The third-order valence-corrected chi connectivity index (χ3v) is 1.89. The van der Waals surface area contributed by atoms with Crippen LogP contribution in [0, 0.1) is 0 Å². The highest BCUT2D eigenvalue weighted by Gasteiger charge is 2.12. The Morgan fingerprint density at radius 3 is 2.46 bits per heavy atom. The number of phenols is 1. The van der Waals surface area contributed by atoms with Crippen molar-refractivity contribution in [1.82, 2.24) is 0 Å². The van der Waals surface area contributed by atoms with Gasteiger partial charge >= 0.3 is 5.97 Å². The lowest BCUT2D eigenvalue weighted by atomic mass is 9.97. The second-order valence-corrected chi connectivity index (χ2v) is 3.23. The molecule has 0 unspecified atom stereocenters. The summed E-state index contributed by atoms with van der Waals surface area (Å²) in [7, 11) is 0. The van der Waals surface area contributed by atoms with Gasteiger partial charge in [0.15, 0.2) is 0 Å². The summed E-state index contributed by atoms with van der Waals surface area (Å²) >= 11 is 0. The van der Waals surface area contributed by atoms with Crippen LogP contribution in [0.25, 0.3) is 0 Å². The Kier molecular flexibility index (Phi) is 2.56. The fourth-order valence-corrected chi connectivity index (χ4v) is 1.22. The number of hydrogen-bond acceptors (Lipinski definition) is 2. The van der Waals surface area contributed by atoms with E-state index in [4.69, 9.17) is 5.11 Å². The molecule has 13 heavy (non-hydrogen) atoms. The largest absolute Gasteiger partial charge is 0.508 e. The molecule has 0 aromatic heterocycles. The molecular formula is C10H12O3. The van der Waals surface area contributed by atoms with E-state index in [1.807, 2.05) is 13.8 Å². The maximum atomic E-state index is 10.8. The molecular weight excluding hydrogens is 168 g/mol. The van der Waals surface area contributed by atoms with Crippen molar-refractivity contribution in [2.75, 3.05) is 0 Å². The van der Waals surface area contributed by atoms with Crippen molar-refractivity contribution in [2.24, 2.45) is 0 Å². The molecule has 0 saturated heterocycles. The molecule has 0 atom stereocenters. The van der Waals surface area contributed by atoms with Gasteiger partial charge in [0.2, 0.25) is 0 Å². The van der Waals surface area contributed by atoms with Crippen LogP contribution in [-0.2, 0) is 0 Å². The van der Waals surface area contributed by atoms with E-state index in [1.165, 1.54) is 18.2 Å². The molecule has 0 saturated carbocycles. The maximum Gasteiger partial charge on any atom is 0.335 e. The van der Waals surface area contributed by atoms with Crippen molar-refractivity contribution in [3.05, 3.63) is 29.3 Å². The smallest absolute Gasteiger partial charge is 0.335 e. The third kappa shape index (κ3) is 1.99. The minimum atomic E-state index is -0.955. The highest BCUT2D eigenvalue weighted by atomic mass is 16.4. The Balaban J connectivity index is 3.26. The van der Waals surface area contributed by atoms with E-state index in [0.29, 0.717) is 5.56 Å². The monoisotopic (exact) mass is 180 g/mol. The van der Waals surface area contributed by atoms with Gasteiger partial charge in [-0.3, -0.25) is 0 Å². The van der Waals surface area contributed by atoms with Gasteiger partial charge in [-0.25, -0.2) is 4.79 Å². The minimum absolute atomic E-state index is 0.0956. The topological polar surface area (TPSA) is 57.5 Å². The molecule has 0 aliphatic rings. The standard InChI is InChI=1S/C10H12O3/c1-6(2)9-5-7(11)3-4-8(9)10(12)13/h3-6,11H,1-2H3,(H,12,13). The Hall–Kier alpha value is -1.51. The van der Waals surface area contributed by atoms with Gasteiger partial charge in [-0.05, 0) is 29.7 Å². The van der Waals surface area contributed by atoms with Crippen LogP contribution in [0.3, 0.4) is 0 Å². The van der Waals surface area contributed by atoms with Gasteiger partial charge in [0.05, 0.1) is 5.56 Å². The first-order valence-corrected chi connectivity index (χ1v) is 4.08. The van der Waals surface area contributed by atoms with Crippen molar-refractivity contribution in [3.8, 4) is 5.75 Å². The molecule has 3 nitrogen and oxygen atoms in total. The quantitative estimate of drug-likeness (QED) is 0.733. The average molecular weight is 180 g/mol. The van der Waals surface area contributed by atoms with Crippen LogP contribution in [0.1, 0.15) is 35.7 Å². The van der Waals surface area contributed by atoms with Gasteiger partial charge in [0.25, 0.3) is 0 Å². The van der Waals surface area contributed by atoms with Crippen molar-refractivity contribution in [1.29, 1.82) is 0 Å². The van der Waals surface area contributed by atoms with E-state index in [1.54, 1.807) is 0 Å². The zero-order chi connectivity index (χ0) is 10.0. The lowest BCUT2D eigenvalue weighted by molar-refractivity contribution is 0.0695. The molecule has 0 spiro atoms. The van der Waals surface area contributed by atoms with E-state index in [9.17, 15) is 9.90 Å². The van der Waals surface area contributed by atoms with E-state index in [-0.39, 0.29) is 17.2 Å². The van der Waals surface area contributed by atoms with Gasteiger partial charge in [0, 0.05) is 0 Å². The number of aromatic carboxylic acids is 1. The molecule has 2 N–H and O–H groups in total. The van der Waals surface area contributed by atoms with Crippen LogP contribution in [0.5, 0.6) is 5.75 Å². The van der Waals surface area contributed by atoms with Crippen LogP contribution in [0.2, 0.25) is 0 Å². The van der Waals surface area contributed by atoms with Crippen LogP contribution in [0.15, 0.2) is 18.2 Å². The summed E-state index contributed by atoms with van der Waals surface area (Å²) in [6, 6.07) is 4.30. The van der Waals surface area contributed by atoms with E-state index in [2.05, 4.69) is 0 Å². The summed E-state index contributed by atoms with van der Waals surface area (Å²) in [5.74, 6) is -0.754. The molecule has 0 aliphatic carbocycles. The Morgan fingerprint density at radius 1 is 1.38 bits per heavy atom. The Labute approximate surface area is 76.6 Å². The molecule has 0 fully saturated rings. The van der Waals surface area contributed by atoms with Gasteiger partial charge in [0.1, 0.15) is 5.75 Å². The SMILES string of the molecule is CC(C)c1cc(O)ccc1C(=O)O. The molecule has 3 heteroatoms. The number of rotatable bonds is 2. The fourth-order valence-electron chi connectivity index (χ4n) is 1.22. The van der Waals surface area contributed by atoms with Crippen LogP contribution in [0.4, 0.5) is 0 Å². The molecule has 0 aliphatic heterocycles. The summed E-state index contributed by atoms with van der Waals surface area (Å²) in [6.07, 6.45) is 0. The van der Waals surface area contributed by atoms with E-state index >= 15 is 0 Å². The number of carbonyl (C=O) groups is 1. The predicted octanol–water partition coefficient (Wildman–Crippen LogP) is 2.21. The number of aromatic hydroxyl groups is 1. The minimum Gasteiger partial charge on any atom is -0.508 e. The number of hydrogen-bond donors (Lipinski definition) is 2. The molecule has 1 rings (SSSR count). The molecule has 0 heterocycles. The first kappa shape index (κ1) is 9.58. The molecule has 1 aromatic rings. The van der Waals surface area contributed by atoms with E-state index in [0.717, 1.165) is 0 Å². The Bertz CT molecular complexity index is 329. The van der Waals surface area contributed by atoms with Gasteiger partial charge in [-0.1, -0.05) is 13.8 Å². The number of phenolic OH excluding ortho intramolecular Hbond substituents is 1. The first-order chi connectivity index (χ1) is 6.02. The lowest BCUT2D eigenvalue weighted by Crippen LogP contribution is -2.03. The molecule has 0 radical (unpaired) electrons. The summed E-state index contributed by atoms with van der Waals surface area (Å²) in [4.78, 5) is 10.8. The third-order valence-electron chi connectivity index (χ3n) is 1.89. The maximum absolute atomic E-state index is 10.8. The van der Waals surface area contributed by atoms with Crippen LogP contribution < -0.4 is 0 Å². The molecule has 1 aromatic carbocycles. The fraction of sp³-hybridized carbons (Fsp3) is 0.300. The molecule has 0 amide bonds. The molecule has 0 bridgehead atoms. The Morgan fingerprint density at radius 2 is 2.00 bits per heavy atom. The van der Waals surface area contributed by atoms with Crippen molar-refractivity contribution < 1.29 is 15.0 Å². The van der Waals surface area contributed by atoms with Gasteiger partial charge in [-0.15, -0.1) is 0 Å². The highest BCUT2D eigenvalue weighted by molar-refractivity contribution is 5.89. The summed E-state index contributed by atoms with van der Waals surface area (Å²) in [5, 5.41) is 18.0. The van der Waals surface area contributed by atoms with Crippen LogP contribution >= 0.6 is 0 Å². The normalized spacial score (nSPS) is 10.4. The van der Waals surface area contributed by atoms with Gasteiger partial charge in [-0.2, -0.15) is 0 Å². The zero-order valence-corrected chi connectivity index (χ0v) is 7.61. The predicted molar refractivity (Wildman–Crippen MR) is 49.2 cm³/mol. The number of carboxylic acids is 1. The average Bonchev–Trinajstić information content (AvgIpc) is 2.03.